The number of phenolic OH excluding ortho intramolecular Hbond substituents is 1. The van der Waals surface area contributed by atoms with Gasteiger partial charge in [-0.25, -0.2) is 8.42 Å². The van der Waals surface area contributed by atoms with Crippen molar-refractivity contribution >= 4 is 32.5 Å². The van der Waals surface area contributed by atoms with Crippen molar-refractivity contribution in [3.05, 3.63) is 42.0 Å². The molecule has 0 spiro atoms. The van der Waals surface area contributed by atoms with Crippen LogP contribution in [0.2, 0.25) is 0 Å². The highest BCUT2D eigenvalue weighted by atomic mass is 32.2. The molecule has 8 nitrogen and oxygen atoms in total. The van der Waals surface area contributed by atoms with E-state index in [1.807, 2.05) is 0 Å². The number of sulfone groups is 1. The molecule has 0 aliphatic rings. The first-order valence-electron chi connectivity index (χ1n) is 7.08. The molecule has 0 aliphatic heterocycles. The second kappa shape index (κ2) is 5.93. The summed E-state index contributed by atoms with van der Waals surface area (Å²) >= 11 is 0. The predicted octanol–water partition coefficient (Wildman–Crippen LogP) is 1.71. The molecule has 124 valence electrons. The molecule has 2 aromatic carbocycles. The summed E-state index contributed by atoms with van der Waals surface area (Å²) in [6.45, 7) is 1.52. The number of aromatic amines is 1. The Kier molecular flexibility index (Phi) is 3.94. The first kappa shape index (κ1) is 15.9. The zero-order chi connectivity index (χ0) is 17.3. The van der Waals surface area contributed by atoms with Crippen LogP contribution in [0.4, 0.5) is 5.69 Å². The van der Waals surface area contributed by atoms with Gasteiger partial charge >= 0.3 is 0 Å². The van der Waals surface area contributed by atoms with E-state index in [9.17, 15) is 18.3 Å². The van der Waals surface area contributed by atoms with Crippen molar-refractivity contribution in [2.45, 2.75) is 11.8 Å². The summed E-state index contributed by atoms with van der Waals surface area (Å²) in [5, 5.41) is 22.6. The Morgan fingerprint density at radius 1 is 1.17 bits per heavy atom. The summed E-state index contributed by atoms with van der Waals surface area (Å²) in [4.78, 5) is 12.4. The molecule has 9 heteroatoms. The van der Waals surface area contributed by atoms with E-state index in [4.69, 9.17) is 0 Å². The van der Waals surface area contributed by atoms with Gasteiger partial charge in [0.2, 0.25) is 0 Å². The van der Waals surface area contributed by atoms with Gasteiger partial charge in [0, 0.05) is 5.56 Å². The summed E-state index contributed by atoms with van der Waals surface area (Å²) in [6.07, 6.45) is 0. The molecule has 1 amide bonds. The second-order valence-electron chi connectivity index (χ2n) is 5.06. The number of H-pyrrole nitrogens is 1. The van der Waals surface area contributed by atoms with Gasteiger partial charge in [-0.2, -0.15) is 15.4 Å². The van der Waals surface area contributed by atoms with Gasteiger partial charge in [-0.15, -0.1) is 0 Å². The summed E-state index contributed by atoms with van der Waals surface area (Å²) in [7, 11) is -3.44. The minimum atomic E-state index is -3.44. The quantitative estimate of drug-likeness (QED) is 0.618. The number of benzene rings is 2. The summed E-state index contributed by atoms with van der Waals surface area (Å²) < 4.78 is 23.8. The Labute approximate surface area is 137 Å². The van der Waals surface area contributed by atoms with E-state index in [1.54, 1.807) is 12.1 Å². The standard InChI is InChI=1S/C15H14N4O4S/c1-2-24(22,23)10-4-6-14(20)13(8-10)16-15(21)9-3-5-11-12(7-9)18-19-17-11/h3-8,20H,2H2,1H3,(H,16,21)(H,17,18,19). The molecule has 0 saturated carbocycles. The first-order valence-corrected chi connectivity index (χ1v) is 8.73. The Morgan fingerprint density at radius 3 is 2.67 bits per heavy atom. The zero-order valence-corrected chi connectivity index (χ0v) is 13.5. The maximum atomic E-state index is 12.3. The average Bonchev–Trinajstić information content (AvgIpc) is 3.04. The molecule has 0 saturated heterocycles. The lowest BCUT2D eigenvalue weighted by Gasteiger charge is -2.09. The Balaban J connectivity index is 1.92. The van der Waals surface area contributed by atoms with Gasteiger partial charge in [0.25, 0.3) is 5.91 Å². The third-order valence-corrected chi connectivity index (χ3v) is 5.27. The van der Waals surface area contributed by atoms with Gasteiger partial charge in [-0.05, 0) is 36.4 Å². The van der Waals surface area contributed by atoms with E-state index in [0.717, 1.165) is 0 Å². The van der Waals surface area contributed by atoms with Crippen LogP contribution in [0.1, 0.15) is 17.3 Å². The zero-order valence-electron chi connectivity index (χ0n) is 12.6. The van der Waals surface area contributed by atoms with Crippen LogP contribution in [0.3, 0.4) is 0 Å². The van der Waals surface area contributed by atoms with Crippen molar-refractivity contribution in [3.8, 4) is 5.75 Å². The topological polar surface area (TPSA) is 125 Å². The highest BCUT2D eigenvalue weighted by Crippen LogP contribution is 2.27. The summed E-state index contributed by atoms with van der Waals surface area (Å²) in [6, 6.07) is 8.50. The van der Waals surface area contributed by atoms with Gasteiger partial charge in [0.1, 0.15) is 16.8 Å². The molecule has 0 atom stereocenters. The predicted molar refractivity (Wildman–Crippen MR) is 87.7 cm³/mol. The highest BCUT2D eigenvalue weighted by molar-refractivity contribution is 7.91. The number of aromatic nitrogens is 3. The number of nitrogens with zero attached hydrogens (tertiary/aromatic N) is 2. The summed E-state index contributed by atoms with van der Waals surface area (Å²) in [5.74, 6) is -0.796. The maximum Gasteiger partial charge on any atom is 0.255 e. The SMILES string of the molecule is CCS(=O)(=O)c1ccc(O)c(NC(=O)c2ccc3n[nH]nc3c2)c1. The lowest BCUT2D eigenvalue weighted by Crippen LogP contribution is -2.13. The highest BCUT2D eigenvalue weighted by Gasteiger charge is 2.16. The number of carbonyl (C=O) groups excluding carboxylic acids is 1. The van der Waals surface area contributed by atoms with E-state index in [-0.39, 0.29) is 22.1 Å². The fraction of sp³-hybridized carbons (Fsp3) is 0.133. The molecule has 0 radical (unpaired) electrons. The van der Waals surface area contributed by atoms with E-state index in [0.29, 0.717) is 16.6 Å². The van der Waals surface area contributed by atoms with E-state index in [1.165, 1.54) is 31.2 Å². The van der Waals surface area contributed by atoms with Crippen LogP contribution in [0.5, 0.6) is 5.75 Å². The fourth-order valence-electron chi connectivity index (χ4n) is 2.15. The van der Waals surface area contributed by atoms with E-state index >= 15 is 0 Å². The van der Waals surface area contributed by atoms with Crippen LogP contribution in [-0.2, 0) is 9.84 Å². The Bertz CT molecular complexity index is 1030. The van der Waals surface area contributed by atoms with Crippen LogP contribution in [0.25, 0.3) is 11.0 Å². The number of phenols is 1. The summed E-state index contributed by atoms with van der Waals surface area (Å²) in [5.41, 5.74) is 1.47. The number of anilines is 1. The van der Waals surface area contributed by atoms with Crippen molar-refractivity contribution in [3.63, 3.8) is 0 Å². The van der Waals surface area contributed by atoms with Crippen molar-refractivity contribution in [2.75, 3.05) is 11.1 Å². The lowest BCUT2D eigenvalue weighted by molar-refractivity contribution is 0.102. The third-order valence-electron chi connectivity index (χ3n) is 3.53. The second-order valence-corrected chi connectivity index (χ2v) is 7.34. The van der Waals surface area contributed by atoms with Crippen LogP contribution < -0.4 is 5.32 Å². The lowest BCUT2D eigenvalue weighted by atomic mass is 10.2. The van der Waals surface area contributed by atoms with Gasteiger partial charge < -0.3 is 10.4 Å². The van der Waals surface area contributed by atoms with Crippen molar-refractivity contribution in [1.29, 1.82) is 0 Å². The number of hydrogen-bond acceptors (Lipinski definition) is 6. The number of aromatic hydroxyl groups is 1. The van der Waals surface area contributed by atoms with Crippen molar-refractivity contribution in [1.82, 2.24) is 15.4 Å². The monoisotopic (exact) mass is 346 g/mol. The van der Waals surface area contributed by atoms with Crippen LogP contribution >= 0.6 is 0 Å². The largest absolute Gasteiger partial charge is 0.506 e. The number of hydrogen-bond donors (Lipinski definition) is 3. The normalized spacial score (nSPS) is 11.5. The molecule has 3 N–H and O–H groups in total. The molecule has 3 rings (SSSR count). The van der Waals surface area contributed by atoms with Crippen molar-refractivity contribution in [2.24, 2.45) is 0 Å². The van der Waals surface area contributed by atoms with Crippen LogP contribution in [0.15, 0.2) is 41.3 Å². The molecule has 1 aromatic heterocycles. The third kappa shape index (κ3) is 2.93. The number of amides is 1. The van der Waals surface area contributed by atoms with Gasteiger partial charge in [0.15, 0.2) is 9.84 Å². The Morgan fingerprint density at radius 2 is 1.92 bits per heavy atom. The molecule has 0 aliphatic carbocycles. The number of fused-ring (bicyclic) bond motifs is 1. The minimum Gasteiger partial charge on any atom is -0.506 e. The number of rotatable bonds is 4. The van der Waals surface area contributed by atoms with Gasteiger partial charge in [-0.1, -0.05) is 6.92 Å². The molecule has 0 bridgehead atoms. The Hall–Kier alpha value is -2.94. The minimum absolute atomic E-state index is 0.0229. The van der Waals surface area contributed by atoms with Gasteiger partial charge in [-0.3, -0.25) is 4.79 Å². The van der Waals surface area contributed by atoms with Gasteiger partial charge in [0.05, 0.1) is 16.3 Å². The van der Waals surface area contributed by atoms with E-state index in [2.05, 4.69) is 20.7 Å². The molecule has 3 aromatic rings. The van der Waals surface area contributed by atoms with Crippen LogP contribution in [0, 0.1) is 0 Å². The van der Waals surface area contributed by atoms with Crippen LogP contribution in [-0.4, -0.2) is 40.6 Å². The fourth-order valence-corrected chi connectivity index (χ4v) is 3.06. The maximum absolute atomic E-state index is 12.3. The first-order chi connectivity index (χ1) is 11.4. The molecule has 0 fully saturated rings. The molecule has 24 heavy (non-hydrogen) atoms. The molecule has 1 heterocycles. The number of nitrogens with one attached hydrogen (secondary N) is 2. The molecular formula is C15H14N4O4S. The average molecular weight is 346 g/mol. The van der Waals surface area contributed by atoms with E-state index < -0.39 is 15.7 Å². The molecular weight excluding hydrogens is 332 g/mol. The molecule has 0 unspecified atom stereocenters. The van der Waals surface area contributed by atoms with Crippen molar-refractivity contribution < 1.29 is 18.3 Å². The smallest absolute Gasteiger partial charge is 0.255 e. The number of carbonyl (C=O) groups is 1.